The van der Waals surface area contributed by atoms with Gasteiger partial charge in [0.15, 0.2) is 5.69 Å². The van der Waals surface area contributed by atoms with E-state index >= 15 is 0 Å². The molecule has 130 valence electrons. The molecule has 1 unspecified atom stereocenters. The average Bonchev–Trinajstić information content (AvgIpc) is 2.97. The van der Waals surface area contributed by atoms with Gasteiger partial charge in [-0.2, -0.15) is 5.10 Å². The van der Waals surface area contributed by atoms with Crippen LogP contribution in [-0.4, -0.2) is 22.6 Å². The Balaban J connectivity index is 0.00000208. The highest BCUT2D eigenvalue weighted by atomic mass is 35.5. The lowest BCUT2D eigenvalue weighted by Gasteiger charge is -2.24. The third kappa shape index (κ3) is 3.62. The number of aromatic amines is 1. The summed E-state index contributed by atoms with van der Waals surface area (Å²) in [4.78, 5) is 12.8. The van der Waals surface area contributed by atoms with Gasteiger partial charge >= 0.3 is 0 Å². The molecule has 0 bridgehead atoms. The lowest BCUT2D eigenvalue weighted by Crippen LogP contribution is -2.34. The van der Waals surface area contributed by atoms with E-state index in [2.05, 4.69) is 53.7 Å². The van der Waals surface area contributed by atoms with Crippen molar-refractivity contribution in [3.05, 3.63) is 52.3 Å². The van der Waals surface area contributed by atoms with Crippen LogP contribution in [0.15, 0.2) is 24.3 Å². The highest BCUT2D eigenvalue weighted by molar-refractivity contribution is 5.94. The van der Waals surface area contributed by atoms with E-state index in [9.17, 15) is 4.79 Å². The van der Waals surface area contributed by atoms with Gasteiger partial charge in [-0.3, -0.25) is 9.89 Å². The van der Waals surface area contributed by atoms with Crippen LogP contribution in [-0.2, 0) is 13.0 Å². The number of H-pyrrole nitrogens is 1. The molecule has 5 nitrogen and oxygen atoms in total. The number of benzene rings is 1. The molecule has 1 aliphatic rings. The standard InChI is InChI=1S/C18H24N4O.ClH/c1-11(2)16(13-7-5-4-6-12(13)3)20-18(23)17-14-10-19-9-8-15(14)21-22-17;/h4-7,11,16,19H,8-10H2,1-3H3,(H,20,23)(H,21,22);1H. The molecular formula is C18H25ClN4O. The van der Waals surface area contributed by atoms with Crippen LogP contribution in [0.5, 0.6) is 0 Å². The van der Waals surface area contributed by atoms with E-state index in [1.54, 1.807) is 0 Å². The van der Waals surface area contributed by atoms with Gasteiger partial charge in [-0.25, -0.2) is 0 Å². The second kappa shape index (κ2) is 7.81. The SMILES string of the molecule is Cc1ccccc1C(NC(=O)c1n[nH]c2c1CNCC2)C(C)C.Cl. The normalized spacial score (nSPS) is 14.7. The van der Waals surface area contributed by atoms with Crippen LogP contribution < -0.4 is 10.6 Å². The van der Waals surface area contributed by atoms with Gasteiger partial charge in [-0.1, -0.05) is 38.1 Å². The summed E-state index contributed by atoms with van der Waals surface area (Å²) >= 11 is 0. The molecule has 0 aliphatic carbocycles. The molecule has 1 aromatic carbocycles. The maximum atomic E-state index is 12.8. The molecule has 0 radical (unpaired) electrons. The average molecular weight is 349 g/mol. The Morgan fingerprint density at radius 3 is 2.75 bits per heavy atom. The number of carbonyl (C=O) groups excluding carboxylic acids is 1. The number of halogens is 1. The van der Waals surface area contributed by atoms with Crippen molar-refractivity contribution in [1.82, 2.24) is 20.8 Å². The minimum absolute atomic E-state index is 0. The molecule has 0 spiro atoms. The smallest absolute Gasteiger partial charge is 0.272 e. The molecular weight excluding hydrogens is 324 g/mol. The number of carbonyl (C=O) groups is 1. The van der Waals surface area contributed by atoms with Gasteiger partial charge in [-0.15, -0.1) is 12.4 Å². The number of aryl methyl sites for hydroxylation is 1. The Morgan fingerprint density at radius 2 is 2.04 bits per heavy atom. The molecule has 3 rings (SSSR count). The summed E-state index contributed by atoms with van der Waals surface area (Å²) in [7, 11) is 0. The van der Waals surface area contributed by atoms with Crippen molar-refractivity contribution in [3.63, 3.8) is 0 Å². The topological polar surface area (TPSA) is 69.8 Å². The summed E-state index contributed by atoms with van der Waals surface area (Å²) in [5.74, 6) is 0.195. The Hall–Kier alpha value is -1.85. The maximum absolute atomic E-state index is 12.8. The zero-order chi connectivity index (χ0) is 16.4. The molecule has 24 heavy (non-hydrogen) atoms. The number of nitrogens with one attached hydrogen (secondary N) is 3. The highest BCUT2D eigenvalue weighted by Gasteiger charge is 2.25. The summed E-state index contributed by atoms with van der Waals surface area (Å²) in [5.41, 5.74) is 4.95. The first-order valence-corrected chi connectivity index (χ1v) is 8.21. The fourth-order valence-corrected chi connectivity index (χ4v) is 3.16. The van der Waals surface area contributed by atoms with Gasteiger partial charge < -0.3 is 10.6 Å². The van der Waals surface area contributed by atoms with Gasteiger partial charge in [-0.05, 0) is 24.0 Å². The van der Waals surface area contributed by atoms with E-state index in [-0.39, 0.29) is 24.4 Å². The second-order valence-electron chi connectivity index (χ2n) is 6.51. The highest BCUT2D eigenvalue weighted by Crippen LogP contribution is 2.25. The molecule has 1 atom stereocenters. The number of nitrogens with zero attached hydrogens (tertiary/aromatic N) is 1. The second-order valence-corrected chi connectivity index (χ2v) is 6.51. The van der Waals surface area contributed by atoms with E-state index in [1.165, 1.54) is 11.1 Å². The summed E-state index contributed by atoms with van der Waals surface area (Å²) in [6.45, 7) is 7.95. The van der Waals surface area contributed by atoms with Gasteiger partial charge in [0, 0.05) is 30.8 Å². The first-order chi connectivity index (χ1) is 11.1. The predicted octanol–water partition coefficient (Wildman–Crippen LogP) is 2.91. The summed E-state index contributed by atoms with van der Waals surface area (Å²) in [5, 5.41) is 13.7. The van der Waals surface area contributed by atoms with Crippen LogP contribution in [0.4, 0.5) is 0 Å². The lowest BCUT2D eigenvalue weighted by molar-refractivity contribution is 0.0919. The molecule has 0 saturated heterocycles. The van der Waals surface area contributed by atoms with E-state index < -0.39 is 0 Å². The Labute approximate surface area is 149 Å². The zero-order valence-corrected chi connectivity index (χ0v) is 15.2. The zero-order valence-electron chi connectivity index (χ0n) is 14.3. The largest absolute Gasteiger partial charge is 0.344 e. The Morgan fingerprint density at radius 1 is 1.29 bits per heavy atom. The molecule has 3 N–H and O–H groups in total. The van der Waals surface area contributed by atoms with Crippen molar-refractivity contribution < 1.29 is 4.79 Å². The van der Waals surface area contributed by atoms with Crippen LogP contribution in [0.3, 0.4) is 0 Å². The number of hydrogen-bond donors (Lipinski definition) is 3. The first-order valence-electron chi connectivity index (χ1n) is 8.21. The van der Waals surface area contributed by atoms with E-state index in [0.717, 1.165) is 24.2 Å². The Bertz CT molecular complexity index is 711. The van der Waals surface area contributed by atoms with Crippen molar-refractivity contribution >= 4 is 18.3 Å². The Kier molecular flexibility index (Phi) is 6.02. The van der Waals surface area contributed by atoms with Gasteiger partial charge in [0.2, 0.25) is 0 Å². The monoisotopic (exact) mass is 348 g/mol. The molecule has 1 amide bonds. The van der Waals surface area contributed by atoms with Gasteiger partial charge in [0.25, 0.3) is 5.91 Å². The number of fused-ring (bicyclic) bond motifs is 1. The molecule has 2 aromatic rings. The third-order valence-electron chi connectivity index (χ3n) is 4.50. The van der Waals surface area contributed by atoms with Crippen molar-refractivity contribution in [2.45, 2.75) is 39.8 Å². The van der Waals surface area contributed by atoms with Crippen LogP contribution in [0.2, 0.25) is 0 Å². The number of aromatic nitrogens is 2. The number of rotatable bonds is 4. The van der Waals surface area contributed by atoms with Crippen molar-refractivity contribution in [2.24, 2.45) is 5.92 Å². The molecule has 1 aromatic heterocycles. The van der Waals surface area contributed by atoms with Crippen LogP contribution >= 0.6 is 12.4 Å². The van der Waals surface area contributed by atoms with E-state index in [1.807, 2.05) is 12.1 Å². The molecule has 1 aliphatic heterocycles. The first kappa shape index (κ1) is 18.5. The van der Waals surface area contributed by atoms with E-state index in [4.69, 9.17) is 0 Å². The van der Waals surface area contributed by atoms with E-state index in [0.29, 0.717) is 18.2 Å². The quantitative estimate of drug-likeness (QED) is 0.795. The predicted molar refractivity (Wildman–Crippen MR) is 97.5 cm³/mol. The van der Waals surface area contributed by atoms with Gasteiger partial charge in [0.05, 0.1) is 6.04 Å². The maximum Gasteiger partial charge on any atom is 0.272 e. The third-order valence-corrected chi connectivity index (χ3v) is 4.50. The minimum Gasteiger partial charge on any atom is -0.344 e. The number of amides is 1. The van der Waals surface area contributed by atoms with Crippen molar-refractivity contribution in [3.8, 4) is 0 Å². The molecule has 0 saturated carbocycles. The summed E-state index contributed by atoms with van der Waals surface area (Å²) in [6.07, 6.45) is 0.890. The molecule has 0 fully saturated rings. The van der Waals surface area contributed by atoms with Crippen molar-refractivity contribution in [1.29, 1.82) is 0 Å². The van der Waals surface area contributed by atoms with Crippen molar-refractivity contribution in [2.75, 3.05) is 6.54 Å². The van der Waals surface area contributed by atoms with Crippen LogP contribution in [0, 0.1) is 12.8 Å². The fourth-order valence-electron chi connectivity index (χ4n) is 3.16. The minimum atomic E-state index is -0.104. The molecule has 6 heteroatoms. The van der Waals surface area contributed by atoms with Gasteiger partial charge in [0.1, 0.15) is 0 Å². The van der Waals surface area contributed by atoms with Crippen LogP contribution in [0.1, 0.15) is 52.8 Å². The number of hydrogen-bond acceptors (Lipinski definition) is 3. The van der Waals surface area contributed by atoms with Crippen LogP contribution in [0.25, 0.3) is 0 Å². The lowest BCUT2D eigenvalue weighted by atomic mass is 9.92. The summed E-state index contributed by atoms with van der Waals surface area (Å²) < 4.78 is 0. The molecule has 2 heterocycles. The fraction of sp³-hybridized carbons (Fsp3) is 0.444. The summed E-state index contributed by atoms with van der Waals surface area (Å²) in [6, 6.07) is 8.18.